The zero-order chi connectivity index (χ0) is 15.5. The molecule has 0 radical (unpaired) electrons. The van der Waals surface area contributed by atoms with E-state index in [1.807, 2.05) is 6.07 Å². The number of anilines is 1. The molecule has 0 saturated carbocycles. The number of hydrogen-bond acceptors (Lipinski definition) is 5. The first kappa shape index (κ1) is 14.3. The SMILES string of the molecule is N#Cc1ccc(NC(=O)c2csc(-c3ccco3)n2)cc1Cl. The van der Waals surface area contributed by atoms with Crippen LogP contribution in [0.2, 0.25) is 5.02 Å². The van der Waals surface area contributed by atoms with Crippen LogP contribution in [0.3, 0.4) is 0 Å². The van der Waals surface area contributed by atoms with E-state index in [0.29, 0.717) is 22.0 Å². The van der Waals surface area contributed by atoms with Crippen molar-refractivity contribution in [2.75, 3.05) is 5.32 Å². The minimum absolute atomic E-state index is 0.287. The van der Waals surface area contributed by atoms with E-state index < -0.39 is 0 Å². The number of furan rings is 1. The van der Waals surface area contributed by atoms with E-state index in [-0.39, 0.29) is 16.6 Å². The van der Waals surface area contributed by atoms with Crippen LogP contribution in [0.25, 0.3) is 10.8 Å². The molecule has 0 saturated heterocycles. The van der Waals surface area contributed by atoms with Gasteiger partial charge in [0.15, 0.2) is 10.8 Å². The first-order valence-electron chi connectivity index (χ1n) is 6.18. The standard InChI is InChI=1S/C15H8ClN3O2S/c16-11-6-10(4-3-9(11)7-17)18-14(20)12-8-22-15(19-12)13-2-1-5-21-13/h1-6,8H,(H,18,20). The molecular formula is C15H8ClN3O2S. The van der Waals surface area contributed by atoms with Gasteiger partial charge in [-0.1, -0.05) is 11.6 Å². The van der Waals surface area contributed by atoms with Crippen LogP contribution in [0.1, 0.15) is 16.1 Å². The summed E-state index contributed by atoms with van der Waals surface area (Å²) >= 11 is 7.25. The summed E-state index contributed by atoms with van der Waals surface area (Å²) in [6, 6.07) is 10.2. The second-order valence-electron chi connectivity index (χ2n) is 4.28. The predicted molar refractivity (Wildman–Crippen MR) is 83.9 cm³/mol. The van der Waals surface area contributed by atoms with Crippen molar-refractivity contribution in [1.29, 1.82) is 5.26 Å². The van der Waals surface area contributed by atoms with Crippen LogP contribution >= 0.6 is 22.9 Å². The highest BCUT2D eigenvalue weighted by molar-refractivity contribution is 7.13. The van der Waals surface area contributed by atoms with Crippen LogP contribution in [0.4, 0.5) is 5.69 Å². The van der Waals surface area contributed by atoms with Gasteiger partial charge in [-0.05, 0) is 30.3 Å². The van der Waals surface area contributed by atoms with Crippen LogP contribution < -0.4 is 5.32 Å². The average Bonchev–Trinajstić information content (AvgIpc) is 3.18. The highest BCUT2D eigenvalue weighted by atomic mass is 35.5. The first-order valence-corrected chi connectivity index (χ1v) is 7.43. The topological polar surface area (TPSA) is 78.9 Å². The second kappa shape index (κ2) is 6.02. The Labute approximate surface area is 134 Å². The lowest BCUT2D eigenvalue weighted by Crippen LogP contribution is -2.12. The molecule has 0 spiro atoms. The Morgan fingerprint density at radius 1 is 1.41 bits per heavy atom. The molecule has 108 valence electrons. The number of hydrogen-bond donors (Lipinski definition) is 1. The van der Waals surface area contributed by atoms with E-state index >= 15 is 0 Å². The molecule has 0 atom stereocenters. The number of carbonyl (C=O) groups is 1. The van der Waals surface area contributed by atoms with E-state index in [2.05, 4.69) is 10.3 Å². The van der Waals surface area contributed by atoms with Gasteiger partial charge in [0.1, 0.15) is 11.8 Å². The van der Waals surface area contributed by atoms with Crippen molar-refractivity contribution < 1.29 is 9.21 Å². The first-order chi connectivity index (χ1) is 10.7. The van der Waals surface area contributed by atoms with Gasteiger partial charge in [0.05, 0.1) is 16.8 Å². The number of nitriles is 1. The molecule has 0 aliphatic rings. The maximum Gasteiger partial charge on any atom is 0.275 e. The summed E-state index contributed by atoms with van der Waals surface area (Å²) in [6.07, 6.45) is 1.55. The monoisotopic (exact) mass is 329 g/mol. The summed E-state index contributed by atoms with van der Waals surface area (Å²) in [6.45, 7) is 0. The van der Waals surface area contributed by atoms with Gasteiger partial charge < -0.3 is 9.73 Å². The van der Waals surface area contributed by atoms with Gasteiger partial charge in [-0.2, -0.15) is 5.26 Å². The summed E-state index contributed by atoms with van der Waals surface area (Å²) < 4.78 is 5.24. The van der Waals surface area contributed by atoms with Gasteiger partial charge in [0.2, 0.25) is 0 Å². The lowest BCUT2D eigenvalue weighted by molar-refractivity contribution is 0.102. The maximum absolute atomic E-state index is 12.2. The zero-order valence-corrected chi connectivity index (χ0v) is 12.6. The third-order valence-electron chi connectivity index (χ3n) is 2.82. The number of benzene rings is 1. The molecule has 7 heteroatoms. The fraction of sp³-hybridized carbons (Fsp3) is 0. The molecule has 0 unspecified atom stereocenters. The van der Waals surface area contributed by atoms with Gasteiger partial charge in [-0.25, -0.2) is 4.98 Å². The number of thiazole rings is 1. The Balaban J connectivity index is 1.78. The molecule has 0 aliphatic heterocycles. The molecule has 0 aliphatic carbocycles. The summed E-state index contributed by atoms with van der Waals surface area (Å²) in [5.41, 5.74) is 1.15. The van der Waals surface area contributed by atoms with Crippen LogP contribution in [-0.4, -0.2) is 10.9 Å². The molecule has 1 aromatic carbocycles. The predicted octanol–water partition coefficient (Wildman–Crippen LogP) is 4.18. The highest BCUT2D eigenvalue weighted by Crippen LogP contribution is 2.25. The Hall–Kier alpha value is -2.62. The van der Waals surface area contributed by atoms with Crippen molar-refractivity contribution in [2.24, 2.45) is 0 Å². The number of halogens is 1. The summed E-state index contributed by atoms with van der Waals surface area (Å²) in [5.74, 6) is 0.264. The number of amides is 1. The highest BCUT2D eigenvalue weighted by Gasteiger charge is 2.14. The molecule has 2 heterocycles. The van der Waals surface area contributed by atoms with E-state index in [0.717, 1.165) is 0 Å². The molecule has 1 amide bonds. The molecule has 1 N–H and O–H groups in total. The number of nitrogens with one attached hydrogen (secondary N) is 1. The van der Waals surface area contributed by atoms with Crippen LogP contribution in [0.5, 0.6) is 0 Å². The smallest absolute Gasteiger partial charge is 0.275 e. The van der Waals surface area contributed by atoms with Gasteiger partial charge in [-0.3, -0.25) is 4.79 Å². The van der Waals surface area contributed by atoms with Crippen molar-refractivity contribution in [3.05, 3.63) is 58.3 Å². The van der Waals surface area contributed by atoms with Crippen LogP contribution in [-0.2, 0) is 0 Å². The van der Waals surface area contributed by atoms with Crippen molar-refractivity contribution in [1.82, 2.24) is 4.98 Å². The van der Waals surface area contributed by atoms with E-state index in [9.17, 15) is 4.79 Å². The zero-order valence-electron chi connectivity index (χ0n) is 11.0. The third kappa shape index (κ3) is 2.86. The number of carbonyl (C=O) groups excluding carboxylic acids is 1. The maximum atomic E-state index is 12.2. The van der Waals surface area contributed by atoms with Crippen molar-refractivity contribution in [3.8, 4) is 16.8 Å². The van der Waals surface area contributed by atoms with Crippen LogP contribution in [0.15, 0.2) is 46.4 Å². The van der Waals surface area contributed by atoms with Crippen molar-refractivity contribution in [3.63, 3.8) is 0 Å². The summed E-state index contributed by atoms with van der Waals surface area (Å²) in [5, 5.41) is 14.1. The van der Waals surface area contributed by atoms with Crippen molar-refractivity contribution in [2.45, 2.75) is 0 Å². The van der Waals surface area contributed by atoms with Gasteiger partial charge in [0, 0.05) is 11.1 Å². The Morgan fingerprint density at radius 2 is 2.27 bits per heavy atom. The minimum atomic E-state index is -0.352. The van der Waals surface area contributed by atoms with Gasteiger partial charge in [-0.15, -0.1) is 11.3 Å². The third-order valence-corrected chi connectivity index (χ3v) is 3.99. The molecule has 3 aromatic rings. The average molecular weight is 330 g/mol. The molecule has 0 fully saturated rings. The lowest BCUT2D eigenvalue weighted by atomic mass is 10.2. The summed E-state index contributed by atoms with van der Waals surface area (Å²) in [7, 11) is 0. The number of nitrogens with zero attached hydrogens (tertiary/aromatic N) is 2. The van der Waals surface area contributed by atoms with Crippen molar-refractivity contribution >= 4 is 34.5 Å². The largest absolute Gasteiger partial charge is 0.462 e. The normalized spacial score (nSPS) is 10.2. The number of rotatable bonds is 3. The molecular weight excluding hydrogens is 322 g/mol. The molecule has 0 bridgehead atoms. The Bertz CT molecular complexity index is 865. The van der Waals surface area contributed by atoms with E-state index in [4.69, 9.17) is 21.3 Å². The number of aromatic nitrogens is 1. The van der Waals surface area contributed by atoms with Gasteiger partial charge >= 0.3 is 0 Å². The Kier molecular flexibility index (Phi) is 3.92. The minimum Gasteiger partial charge on any atom is -0.462 e. The van der Waals surface area contributed by atoms with Crippen LogP contribution in [0, 0.1) is 11.3 Å². The van der Waals surface area contributed by atoms with E-state index in [1.54, 1.807) is 35.9 Å². The van der Waals surface area contributed by atoms with Gasteiger partial charge in [0.25, 0.3) is 5.91 Å². The van der Waals surface area contributed by atoms with E-state index in [1.165, 1.54) is 17.4 Å². The molecule has 3 rings (SSSR count). The fourth-order valence-electron chi connectivity index (χ4n) is 1.77. The molecule has 2 aromatic heterocycles. The fourth-order valence-corrected chi connectivity index (χ4v) is 2.76. The second-order valence-corrected chi connectivity index (χ2v) is 5.54. The summed E-state index contributed by atoms with van der Waals surface area (Å²) in [4.78, 5) is 16.4. The Morgan fingerprint density at radius 3 is 2.95 bits per heavy atom. The molecule has 22 heavy (non-hydrogen) atoms. The lowest BCUT2D eigenvalue weighted by Gasteiger charge is -2.04. The quantitative estimate of drug-likeness (QED) is 0.781. The molecule has 5 nitrogen and oxygen atoms in total.